The summed E-state index contributed by atoms with van der Waals surface area (Å²) >= 11 is 0. The van der Waals surface area contributed by atoms with Gasteiger partial charge < -0.3 is 5.32 Å². The van der Waals surface area contributed by atoms with Gasteiger partial charge in [-0.05, 0) is 30.0 Å². The second-order valence-electron chi connectivity index (χ2n) is 5.86. The predicted octanol–water partition coefficient (Wildman–Crippen LogP) is 2.32. The van der Waals surface area contributed by atoms with E-state index in [-0.39, 0.29) is 23.6 Å². The molecule has 1 aromatic carbocycles. The summed E-state index contributed by atoms with van der Waals surface area (Å²) in [6, 6.07) is 4.59. The molecule has 5 nitrogen and oxygen atoms in total. The zero-order valence-corrected chi connectivity index (χ0v) is 13.5. The van der Waals surface area contributed by atoms with E-state index in [1.54, 1.807) is 12.1 Å². The Bertz CT molecular complexity index is 622. The monoisotopic (exact) mass is 302 g/mol. The minimum Gasteiger partial charge on any atom is -0.357 e. The van der Waals surface area contributed by atoms with E-state index in [9.17, 15) is 14.4 Å². The van der Waals surface area contributed by atoms with Crippen LogP contribution in [0.4, 0.5) is 0 Å². The summed E-state index contributed by atoms with van der Waals surface area (Å²) in [6.07, 6.45) is 1.17. The molecular weight excluding hydrogens is 280 g/mol. The number of nitrogens with one attached hydrogen (secondary N) is 1. The quantitative estimate of drug-likeness (QED) is 0.849. The van der Waals surface area contributed by atoms with Crippen LogP contribution in [-0.4, -0.2) is 35.7 Å². The van der Waals surface area contributed by atoms with E-state index in [2.05, 4.69) is 5.32 Å². The third kappa shape index (κ3) is 2.63. The summed E-state index contributed by atoms with van der Waals surface area (Å²) in [4.78, 5) is 38.4. The summed E-state index contributed by atoms with van der Waals surface area (Å²) < 4.78 is 0. The van der Waals surface area contributed by atoms with E-state index in [1.807, 2.05) is 26.8 Å². The second kappa shape index (κ2) is 6.30. The Labute approximate surface area is 130 Å². The molecule has 0 aromatic heterocycles. The lowest BCUT2D eigenvalue weighted by atomic mass is 9.98. The van der Waals surface area contributed by atoms with Gasteiger partial charge in [0, 0.05) is 7.05 Å². The number of likely N-dealkylation sites (N-methyl/N-ethyl adjacent to an activating group) is 1. The molecule has 2 rings (SSSR count). The highest BCUT2D eigenvalue weighted by atomic mass is 16.2. The first-order chi connectivity index (χ1) is 10.4. The largest absolute Gasteiger partial charge is 0.357 e. The van der Waals surface area contributed by atoms with Crippen LogP contribution in [0, 0.1) is 0 Å². The van der Waals surface area contributed by atoms with E-state index < -0.39 is 6.04 Å². The second-order valence-corrected chi connectivity index (χ2v) is 5.86. The molecule has 5 heteroatoms. The first-order valence-corrected chi connectivity index (χ1v) is 7.65. The molecule has 0 bridgehead atoms. The van der Waals surface area contributed by atoms with Gasteiger partial charge >= 0.3 is 0 Å². The zero-order chi connectivity index (χ0) is 16.4. The predicted molar refractivity (Wildman–Crippen MR) is 83.8 cm³/mol. The molecule has 1 heterocycles. The van der Waals surface area contributed by atoms with Crippen LogP contribution in [0.25, 0.3) is 0 Å². The molecule has 3 amide bonds. The number of carbonyl (C=O) groups is 3. The molecule has 1 N–H and O–H groups in total. The summed E-state index contributed by atoms with van der Waals surface area (Å²) in [5.74, 6) is -0.782. The van der Waals surface area contributed by atoms with E-state index in [4.69, 9.17) is 0 Å². The number of nitrogens with zero attached hydrogens (tertiary/aromatic N) is 1. The van der Waals surface area contributed by atoms with Gasteiger partial charge in [0.05, 0.1) is 11.1 Å². The molecule has 0 radical (unpaired) electrons. The molecule has 0 saturated carbocycles. The fourth-order valence-electron chi connectivity index (χ4n) is 2.74. The maximum Gasteiger partial charge on any atom is 0.262 e. The van der Waals surface area contributed by atoms with E-state index in [0.717, 1.165) is 10.5 Å². The van der Waals surface area contributed by atoms with Crippen molar-refractivity contribution >= 4 is 17.7 Å². The Kier molecular flexibility index (Phi) is 4.64. The smallest absolute Gasteiger partial charge is 0.262 e. The van der Waals surface area contributed by atoms with Gasteiger partial charge in [0.25, 0.3) is 11.8 Å². The molecule has 22 heavy (non-hydrogen) atoms. The molecule has 0 saturated heterocycles. The van der Waals surface area contributed by atoms with Crippen LogP contribution < -0.4 is 5.32 Å². The first-order valence-electron chi connectivity index (χ1n) is 7.65. The molecule has 1 aliphatic heterocycles. The van der Waals surface area contributed by atoms with Crippen molar-refractivity contribution in [3.63, 3.8) is 0 Å². The van der Waals surface area contributed by atoms with Gasteiger partial charge in [-0.15, -0.1) is 0 Å². The summed E-state index contributed by atoms with van der Waals surface area (Å²) in [7, 11) is 1.51. The van der Waals surface area contributed by atoms with Gasteiger partial charge in [0.1, 0.15) is 6.04 Å². The fourth-order valence-corrected chi connectivity index (χ4v) is 2.74. The van der Waals surface area contributed by atoms with Crippen LogP contribution in [0.15, 0.2) is 18.2 Å². The lowest BCUT2D eigenvalue weighted by Crippen LogP contribution is -2.48. The SMILES string of the molecule is CCCC(C(=O)NC)N1C(=O)c2ccc(C(C)C)cc2C1=O. The minimum absolute atomic E-state index is 0.271. The average molecular weight is 302 g/mol. The van der Waals surface area contributed by atoms with Gasteiger partial charge in [-0.3, -0.25) is 19.3 Å². The van der Waals surface area contributed by atoms with Gasteiger partial charge in [-0.25, -0.2) is 0 Å². The van der Waals surface area contributed by atoms with Crippen LogP contribution in [0.1, 0.15) is 65.8 Å². The highest BCUT2D eigenvalue weighted by Gasteiger charge is 2.42. The Balaban J connectivity index is 2.43. The molecule has 1 atom stereocenters. The van der Waals surface area contributed by atoms with E-state index in [0.29, 0.717) is 24.0 Å². The number of fused-ring (bicyclic) bond motifs is 1. The number of hydrogen-bond donors (Lipinski definition) is 1. The molecule has 0 aliphatic carbocycles. The van der Waals surface area contributed by atoms with Gasteiger partial charge in [-0.1, -0.05) is 33.3 Å². The molecule has 1 aliphatic rings. The van der Waals surface area contributed by atoms with Crippen molar-refractivity contribution in [2.75, 3.05) is 7.05 Å². The number of hydrogen-bond acceptors (Lipinski definition) is 3. The van der Waals surface area contributed by atoms with Crippen molar-refractivity contribution in [3.05, 3.63) is 34.9 Å². The average Bonchev–Trinajstić information content (AvgIpc) is 2.75. The van der Waals surface area contributed by atoms with Gasteiger partial charge in [0.2, 0.25) is 5.91 Å². The Morgan fingerprint density at radius 2 is 1.82 bits per heavy atom. The molecular formula is C17H22N2O3. The highest BCUT2D eigenvalue weighted by molar-refractivity contribution is 6.22. The van der Waals surface area contributed by atoms with Crippen molar-refractivity contribution in [2.45, 2.75) is 45.6 Å². The minimum atomic E-state index is -0.745. The highest BCUT2D eigenvalue weighted by Crippen LogP contribution is 2.29. The lowest BCUT2D eigenvalue weighted by molar-refractivity contribution is -0.124. The standard InChI is InChI=1S/C17H22N2O3/c1-5-6-14(15(20)18-4)19-16(21)12-8-7-11(10(2)3)9-13(12)17(19)22/h7-10,14H,5-6H2,1-4H3,(H,18,20). The Hall–Kier alpha value is -2.17. The number of carbonyl (C=O) groups excluding carboxylic acids is 3. The molecule has 1 aromatic rings. The van der Waals surface area contributed by atoms with Crippen LogP contribution in [0.3, 0.4) is 0 Å². The van der Waals surface area contributed by atoms with E-state index in [1.165, 1.54) is 7.05 Å². The number of rotatable bonds is 5. The van der Waals surface area contributed by atoms with Crippen LogP contribution in [0.5, 0.6) is 0 Å². The normalized spacial score (nSPS) is 15.2. The molecule has 0 spiro atoms. The molecule has 0 fully saturated rings. The van der Waals surface area contributed by atoms with Crippen molar-refractivity contribution in [1.29, 1.82) is 0 Å². The fraction of sp³-hybridized carbons (Fsp3) is 0.471. The molecule has 1 unspecified atom stereocenters. The summed E-state index contributed by atoms with van der Waals surface area (Å²) in [6.45, 7) is 5.99. The summed E-state index contributed by atoms with van der Waals surface area (Å²) in [5, 5.41) is 2.54. The lowest BCUT2D eigenvalue weighted by Gasteiger charge is -2.24. The Morgan fingerprint density at radius 3 is 2.36 bits per heavy atom. The van der Waals surface area contributed by atoms with Crippen molar-refractivity contribution in [3.8, 4) is 0 Å². The number of amides is 3. The maximum atomic E-state index is 12.6. The van der Waals surface area contributed by atoms with Crippen molar-refractivity contribution < 1.29 is 14.4 Å². The third-order valence-corrected chi connectivity index (χ3v) is 4.03. The molecule has 118 valence electrons. The van der Waals surface area contributed by atoms with Gasteiger partial charge in [-0.2, -0.15) is 0 Å². The number of imide groups is 1. The van der Waals surface area contributed by atoms with E-state index >= 15 is 0 Å². The maximum absolute atomic E-state index is 12.6. The zero-order valence-electron chi connectivity index (χ0n) is 13.5. The topological polar surface area (TPSA) is 66.5 Å². The van der Waals surface area contributed by atoms with Crippen LogP contribution in [-0.2, 0) is 4.79 Å². The third-order valence-electron chi connectivity index (χ3n) is 4.03. The Morgan fingerprint density at radius 1 is 1.18 bits per heavy atom. The van der Waals surface area contributed by atoms with Crippen LogP contribution >= 0.6 is 0 Å². The van der Waals surface area contributed by atoms with Crippen LogP contribution in [0.2, 0.25) is 0 Å². The van der Waals surface area contributed by atoms with Crippen molar-refractivity contribution in [1.82, 2.24) is 10.2 Å². The first kappa shape index (κ1) is 16.2. The number of benzene rings is 1. The van der Waals surface area contributed by atoms with Gasteiger partial charge in [0.15, 0.2) is 0 Å². The summed E-state index contributed by atoms with van der Waals surface area (Å²) in [5.41, 5.74) is 1.80. The van der Waals surface area contributed by atoms with Crippen molar-refractivity contribution in [2.24, 2.45) is 0 Å².